The Bertz CT molecular complexity index is 1230. The molecule has 3 heterocycles. The minimum atomic E-state index is -0.0556. The molecule has 0 saturated carbocycles. The van der Waals surface area contributed by atoms with Gasteiger partial charge in [-0.2, -0.15) is 0 Å². The minimum Gasteiger partial charge on any atom is -0.415 e. The molecule has 0 spiro atoms. The summed E-state index contributed by atoms with van der Waals surface area (Å²) in [6.07, 6.45) is 5.01. The topological polar surface area (TPSA) is 98.7 Å². The fourth-order valence-corrected chi connectivity index (χ4v) is 3.13. The lowest BCUT2D eigenvalue weighted by atomic mass is 10.1. The number of pyridine rings is 1. The van der Waals surface area contributed by atoms with Crippen LogP contribution in [0.1, 0.15) is 25.5 Å². The summed E-state index contributed by atoms with van der Waals surface area (Å²) < 4.78 is 7.52. The van der Waals surface area contributed by atoms with Crippen LogP contribution in [0.3, 0.4) is 0 Å². The molecule has 0 aliphatic heterocycles. The van der Waals surface area contributed by atoms with Gasteiger partial charge in [0.15, 0.2) is 0 Å². The van der Waals surface area contributed by atoms with Gasteiger partial charge in [0.2, 0.25) is 5.89 Å². The first-order valence-electron chi connectivity index (χ1n) is 9.67. The number of benzene rings is 1. The summed E-state index contributed by atoms with van der Waals surface area (Å²) in [6.45, 7) is 4.67. The third-order valence-electron chi connectivity index (χ3n) is 4.62. The van der Waals surface area contributed by atoms with Gasteiger partial charge in [0, 0.05) is 36.0 Å². The zero-order valence-electron chi connectivity index (χ0n) is 17.0. The van der Waals surface area contributed by atoms with Crippen molar-refractivity contribution in [3.05, 3.63) is 70.9 Å². The molecule has 0 fully saturated rings. The molecule has 1 aromatic carbocycles. The first-order chi connectivity index (χ1) is 14.5. The van der Waals surface area contributed by atoms with Crippen molar-refractivity contribution in [1.82, 2.24) is 30.0 Å². The zero-order valence-corrected chi connectivity index (χ0v) is 17.0. The van der Waals surface area contributed by atoms with E-state index < -0.39 is 0 Å². The number of nitrogens with one attached hydrogen (secondary N) is 1. The van der Waals surface area contributed by atoms with Crippen molar-refractivity contribution in [1.29, 1.82) is 0 Å². The molecular weight excluding hydrogens is 380 g/mol. The molecule has 152 valence electrons. The molecule has 8 nitrogen and oxygen atoms in total. The minimum absolute atomic E-state index is 0.0470. The molecular formula is C22H22N6O2. The van der Waals surface area contributed by atoms with Crippen LogP contribution in [-0.4, -0.2) is 31.8 Å². The predicted octanol–water partition coefficient (Wildman–Crippen LogP) is 3.32. The first-order valence-corrected chi connectivity index (χ1v) is 9.67. The summed E-state index contributed by atoms with van der Waals surface area (Å²) >= 11 is 0. The van der Waals surface area contributed by atoms with Gasteiger partial charge >= 0.3 is 0 Å². The van der Waals surface area contributed by atoms with Crippen molar-refractivity contribution in [3.63, 3.8) is 0 Å². The van der Waals surface area contributed by atoms with E-state index in [-0.39, 0.29) is 17.5 Å². The maximum Gasteiger partial charge on any atom is 0.268 e. The lowest BCUT2D eigenvalue weighted by Gasteiger charge is -2.11. The van der Waals surface area contributed by atoms with Crippen molar-refractivity contribution < 1.29 is 4.42 Å². The monoisotopic (exact) mass is 402 g/mol. The summed E-state index contributed by atoms with van der Waals surface area (Å²) in [6, 6.07) is 11.2. The molecule has 0 aliphatic rings. The second kappa shape index (κ2) is 8.38. The highest BCUT2D eigenvalue weighted by atomic mass is 16.4. The van der Waals surface area contributed by atoms with E-state index in [1.165, 1.54) is 6.07 Å². The fourth-order valence-electron chi connectivity index (χ4n) is 3.13. The number of hydrogen-bond acceptors (Lipinski definition) is 7. The summed E-state index contributed by atoms with van der Waals surface area (Å²) in [4.78, 5) is 20.9. The normalized spacial score (nSPS) is 11.2. The summed E-state index contributed by atoms with van der Waals surface area (Å²) in [7, 11) is 1.90. The van der Waals surface area contributed by atoms with Crippen LogP contribution in [0.25, 0.3) is 34.3 Å². The molecule has 0 unspecified atom stereocenters. The number of aromatic nitrogens is 5. The molecule has 1 N–H and O–H groups in total. The van der Waals surface area contributed by atoms with Gasteiger partial charge in [-0.3, -0.25) is 9.78 Å². The molecule has 0 radical (unpaired) electrons. The lowest BCUT2D eigenvalue weighted by molar-refractivity contribution is 0.578. The highest BCUT2D eigenvalue weighted by Crippen LogP contribution is 2.25. The van der Waals surface area contributed by atoms with E-state index in [1.54, 1.807) is 29.2 Å². The summed E-state index contributed by atoms with van der Waals surface area (Å²) in [5.41, 5.74) is 3.79. The largest absolute Gasteiger partial charge is 0.415 e. The smallest absolute Gasteiger partial charge is 0.268 e. The van der Waals surface area contributed by atoms with Gasteiger partial charge in [-0.25, -0.2) is 4.98 Å². The number of hydrogen-bond donors (Lipinski definition) is 1. The van der Waals surface area contributed by atoms with Crippen LogP contribution in [0.4, 0.5) is 0 Å². The Kier molecular flexibility index (Phi) is 5.49. The van der Waals surface area contributed by atoms with Crippen LogP contribution in [0.2, 0.25) is 0 Å². The van der Waals surface area contributed by atoms with E-state index in [9.17, 15) is 4.79 Å². The summed E-state index contributed by atoms with van der Waals surface area (Å²) in [5.74, 6) is 0.707. The van der Waals surface area contributed by atoms with E-state index in [1.807, 2.05) is 45.2 Å². The molecule has 3 aromatic heterocycles. The van der Waals surface area contributed by atoms with Crippen LogP contribution < -0.4 is 10.9 Å². The first kappa shape index (κ1) is 19.7. The number of nitrogens with zero attached hydrogens (tertiary/aromatic N) is 5. The van der Waals surface area contributed by atoms with Crippen molar-refractivity contribution in [2.45, 2.75) is 26.4 Å². The van der Waals surface area contributed by atoms with Crippen LogP contribution in [-0.2, 0) is 6.54 Å². The fraction of sp³-hybridized carbons (Fsp3) is 0.227. The van der Waals surface area contributed by atoms with E-state index in [0.29, 0.717) is 17.3 Å². The summed E-state index contributed by atoms with van der Waals surface area (Å²) in [5, 5.41) is 11.4. The van der Waals surface area contributed by atoms with Gasteiger partial charge in [-0.15, -0.1) is 10.2 Å². The quantitative estimate of drug-likeness (QED) is 0.528. The van der Waals surface area contributed by atoms with Gasteiger partial charge in [-0.1, -0.05) is 12.1 Å². The van der Waals surface area contributed by atoms with Gasteiger partial charge in [0.1, 0.15) is 5.69 Å². The third kappa shape index (κ3) is 4.04. The Balaban J connectivity index is 1.67. The average molecular weight is 402 g/mol. The van der Waals surface area contributed by atoms with E-state index in [4.69, 9.17) is 4.42 Å². The molecule has 0 atom stereocenters. The van der Waals surface area contributed by atoms with Crippen LogP contribution >= 0.6 is 0 Å². The second-order valence-electron chi connectivity index (χ2n) is 7.19. The van der Waals surface area contributed by atoms with E-state index >= 15 is 0 Å². The maximum atomic E-state index is 12.0. The Morgan fingerprint density at radius 2 is 1.83 bits per heavy atom. The molecule has 0 aliphatic carbocycles. The van der Waals surface area contributed by atoms with Crippen LogP contribution in [0, 0.1) is 0 Å². The molecule has 4 aromatic rings. The lowest BCUT2D eigenvalue weighted by Crippen LogP contribution is -2.20. The Labute approximate surface area is 173 Å². The molecule has 4 rings (SSSR count). The maximum absolute atomic E-state index is 12.0. The Morgan fingerprint density at radius 3 is 2.63 bits per heavy atom. The molecule has 0 amide bonds. The van der Waals surface area contributed by atoms with Gasteiger partial charge in [0.05, 0.1) is 18.1 Å². The predicted molar refractivity (Wildman–Crippen MR) is 114 cm³/mol. The van der Waals surface area contributed by atoms with Crippen LogP contribution in [0.15, 0.2) is 64.2 Å². The Hall–Kier alpha value is -3.65. The highest BCUT2D eigenvalue weighted by Gasteiger charge is 2.14. The molecule has 8 heteroatoms. The van der Waals surface area contributed by atoms with E-state index in [2.05, 4.69) is 25.5 Å². The molecule has 0 bridgehead atoms. The van der Waals surface area contributed by atoms with Crippen molar-refractivity contribution in [2.75, 3.05) is 7.05 Å². The Morgan fingerprint density at radius 1 is 1.03 bits per heavy atom. The van der Waals surface area contributed by atoms with Crippen molar-refractivity contribution in [3.8, 4) is 34.3 Å². The SMILES string of the molecule is CNCc1cccc(-c2nnc(-c3cncc(-c4ccc(=O)n(C(C)C)c4)n3)o2)c1. The highest BCUT2D eigenvalue weighted by molar-refractivity contribution is 5.61. The third-order valence-corrected chi connectivity index (χ3v) is 4.62. The molecule has 0 saturated heterocycles. The number of rotatable bonds is 6. The molecule has 30 heavy (non-hydrogen) atoms. The van der Waals surface area contributed by atoms with Crippen molar-refractivity contribution >= 4 is 0 Å². The zero-order chi connectivity index (χ0) is 21.1. The van der Waals surface area contributed by atoms with Gasteiger partial charge < -0.3 is 14.3 Å². The van der Waals surface area contributed by atoms with Crippen LogP contribution in [0.5, 0.6) is 0 Å². The van der Waals surface area contributed by atoms with Gasteiger partial charge in [-0.05, 0) is 44.7 Å². The average Bonchev–Trinajstić information content (AvgIpc) is 3.25. The second-order valence-corrected chi connectivity index (χ2v) is 7.19. The van der Waals surface area contributed by atoms with E-state index in [0.717, 1.165) is 23.2 Å². The van der Waals surface area contributed by atoms with Crippen molar-refractivity contribution in [2.24, 2.45) is 0 Å². The standard InChI is InChI=1S/C22H22N6O2/c1-14(2)28-13-17(7-8-20(28)29)18-11-24-12-19(25-18)22-27-26-21(30-22)16-6-4-5-15(9-16)10-23-3/h4-9,11-14,23H,10H2,1-3H3. The van der Waals surface area contributed by atoms with Gasteiger partial charge in [0.25, 0.3) is 11.4 Å².